The van der Waals surface area contributed by atoms with Crippen LogP contribution >= 0.6 is 0 Å². The maximum Gasteiger partial charge on any atom is 0.243 e. The van der Waals surface area contributed by atoms with Gasteiger partial charge in [-0.05, 0) is 53.8 Å². The van der Waals surface area contributed by atoms with Crippen molar-refractivity contribution in [3.63, 3.8) is 0 Å². The summed E-state index contributed by atoms with van der Waals surface area (Å²) in [5.41, 5.74) is 4.57. The molecule has 2 aromatic rings. The largest absolute Gasteiger partial charge is 0.378 e. The lowest BCUT2D eigenvalue weighted by Gasteiger charge is -2.38. The normalized spacial score (nSPS) is 22.5. The van der Waals surface area contributed by atoms with Crippen LogP contribution in [-0.4, -0.2) is 39.9 Å². The topological polar surface area (TPSA) is 52.7 Å². The van der Waals surface area contributed by atoms with Crippen molar-refractivity contribution in [3.05, 3.63) is 65.7 Å². The first kappa shape index (κ1) is 20.9. The maximum atomic E-state index is 13.0. The minimum atomic E-state index is -3.47. The number of sulfonamides is 1. The first-order valence-corrected chi connectivity index (χ1v) is 12.2. The van der Waals surface area contributed by atoms with E-state index >= 15 is 0 Å². The van der Waals surface area contributed by atoms with Gasteiger partial charge >= 0.3 is 0 Å². The molecule has 0 saturated heterocycles. The molecule has 6 heteroatoms. The minimum absolute atomic E-state index is 0.207. The molecule has 4 rings (SSSR count). The van der Waals surface area contributed by atoms with Crippen LogP contribution in [0.5, 0.6) is 0 Å². The van der Waals surface area contributed by atoms with Crippen molar-refractivity contribution in [3.8, 4) is 0 Å². The number of rotatable bonds is 6. The zero-order valence-electron chi connectivity index (χ0n) is 18.2. The summed E-state index contributed by atoms with van der Waals surface area (Å²) >= 11 is 0. The summed E-state index contributed by atoms with van der Waals surface area (Å²) in [6.07, 6.45) is 5.47. The summed E-state index contributed by atoms with van der Waals surface area (Å²) in [7, 11) is 0.628. The molecule has 30 heavy (non-hydrogen) atoms. The van der Waals surface area contributed by atoms with E-state index in [1.54, 1.807) is 6.07 Å². The van der Waals surface area contributed by atoms with Gasteiger partial charge in [0.25, 0.3) is 0 Å². The maximum absolute atomic E-state index is 13.0. The molecule has 1 aliphatic carbocycles. The molecule has 3 unspecified atom stereocenters. The lowest BCUT2D eigenvalue weighted by molar-refractivity contribution is 0.424. The van der Waals surface area contributed by atoms with Crippen LogP contribution in [0.25, 0.3) is 0 Å². The molecule has 0 aromatic heterocycles. The van der Waals surface area contributed by atoms with Gasteiger partial charge < -0.3 is 10.2 Å². The smallest absolute Gasteiger partial charge is 0.243 e. The Balaban J connectivity index is 1.70. The fourth-order valence-corrected chi connectivity index (χ4v) is 6.25. The number of anilines is 2. The second-order valence-corrected chi connectivity index (χ2v) is 10.2. The molecule has 1 heterocycles. The van der Waals surface area contributed by atoms with Crippen LogP contribution < -0.4 is 10.2 Å². The summed E-state index contributed by atoms with van der Waals surface area (Å²) in [5, 5.41) is 3.71. The standard InChI is InChI=1S/C24H31N3O2S/c1-5-27(6-2)30(28,29)19-14-15-23-22(16-19)20-8-7-9-21(20)24(25-23)17-10-12-18(13-11-17)26(3)4/h7-8,10-16,20-21,24-25H,5-6,9H2,1-4H3. The average Bonchev–Trinajstić information content (AvgIpc) is 3.24. The monoisotopic (exact) mass is 425 g/mol. The van der Waals surface area contributed by atoms with Gasteiger partial charge in [0.05, 0.1) is 10.9 Å². The molecule has 0 radical (unpaired) electrons. The molecule has 2 aliphatic rings. The predicted octanol–water partition coefficient (Wildman–Crippen LogP) is 4.61. The van der Waals surface area contributed by atoms with Crippen molar-refractivity contribution in [2.45, 2.75) is 37.1 Å². The van der Waals surface area contributed by atoms with Crippen LogP contribution in [-0.2, 0) is 10.0 Å². The molecule has 1 aliphatic heterocycles. The lowest BCUT2D eigenvalue weighted by Crippen LogP contribution is -2.32. The van der Waals surface area contributed by atoms with E-state index in [-0.39, 0.29) is 12.0 Å². The highest BCUT2D eigenvalue weighted by atomic mass is 32.2. The Hall–Kier alpha value is -2.31. The summed E-state index contributed by atoms with van der Waals surface area (Å²) in [5.74, 6) is 0.612. The van der Waals surface area contributed by atoms with Crippen LogP contribution in [0.2, 0.25) is 0 Å². The van der Waals surface area contributed by atoms with Crippen LogP contribution in [0.1, 0.15) is 43.4 Å². The van der Waals surface area contributed by atoms with E-state index in [1.165, 1.54) is 15.6 Å². The van der Waals surface area contributed by atoms with E-state index in [2.05, 4.69) is 46.6 Å². The van der Waals surface area contributed by atoms with Gasteiger partial charge in [0.2, 0.25) is 10.0 Å². The quantitative estimate of drug-likeness (QED) is 0.687. The highest BCUT2D eigenvalue weighted by molar-refractivity contribution is 7.89. The first-order chi connectivity index (χ1) is 14.4. The Morgan fingerprint density at radius 2 is 1.73 bits per heavy atom. The van der Waals surface area contributed by atoms with Gasteiger partial charge in [0, 0.05) is 44.5 Å². The van der Waals surface area contributed by atoms with E-state index in [1.807, 2.05) is 40.1 Å². The van der Waals surface area contributed by atoms with Gasteiger partial charge in [-0.2, -0.15) is 4.31 Å². The highest BCUT2D eigenvalue weighted by Gasteiger charge is 2.38. The van der Waals surface area contributed by atoms with Gasteiger partial charge in [-0.25, -0.2) is 8.42 Å². The van der Waals surface area contributed by atoms with Gasteiger partial charge in [0.15, 0.2) is 0 Å². The number of nitrogens with zero attached hydrogens (tertiary/aromatic N) is 2. The molecule has 5 nitrogen and oxygen atoms in total. The Labute approximate surface area is 180 Å². The summed E-state index contributed by atoms with van der Waals surface area (Å²) in [4.78, 5) is 2.49. The van der Waals surface area contributed by atoms with E-state index in [0.717, 1.165) is 17.7 Å². The zero-order chi connectivity index (χ0) is 21.5. The molecule has 0 saturated carbocycles. The summed E-state index contributed by atoms with van der Waals surface area (Å²) in [6.45, 7) is 4.71. The van der Waals surface area contributed by atoms with E-state index in [0.29, 0.717) is 23.9 Å². The van der Waals surface area contributed by atoms with Gasteiger partial charge in [0.1, 0.15) is 0 Å². The number of hydrogen-bond acceptors (Lipinski definition) is 4. The van der Waals surface area contributed by atoms with Crippen molar-refractivity contribution in [2.75, 3.05) is 37.4 Å². The van der Waals surface area contributed by atoms with Crippen LogP contribution in [0.3, 0.4) is 0 Å². The van der Waals surface area contributed by atoms with Gasteiger partial charge in [-0.15, -0.1) is 0 Å². The minimum Gasteiger partial charge on any atom is -0.378 e. The number of fused-ring (bicyclic) bond motifs is 3. The molecule has 3 atom stereocenters. The second-order valence-electron chi connectivity index (χ2n) is 8.30. The molecule has 0 bridgehead atoms. The third kappa shape index (κ3) is 3.52. The molecule has 160 valence electrons. The lowest BCUT2D eigenvalue weighted by atomic mass is 9.77. The van der Waals surface area contributed by atoms with Gasteiger partial charge in [-0.3, -0.25) is 0 Å². The average molecular weight is 426 g/mol. The number of benzene rings is 2. The Bertz CT molecular complexity index is 1040. The Morgan fingerprint density at radius 3 is 2.37 bits per heavy atom. The molecular formula is C24H31N3O2S. The first-order valence-electron chi connectivity index (χ1n) is 10.7. The van der Waals surface area contributed by atoms with Crippen LogP contribution in [0.4, 0.5) is 11.4 Å². The SMILES string of the molecule is CCN(CC)S(=O)(=O)c1ccc2c(c1)C1C=CCC1C(c1ccc(N(C)C)cc1)N2. The molecule has 0 amide bonds. The summed E-state index contributed by atoms with van der Waals surface area (Å²) in [6, 6.07) is 14.5. The van der Waals surface area contributed by atoms with Crippen LogP contribution in [0, 0.1) is 5.92 Å². The van der Waals surface area contributed by atoms with Gasteiger partial charge in [-0.1, -0.05) is 38.1 Å². The van der Waals surface area contributed by atoms with Crippen molar-refractivity contribution < 1.29 is 8.42 Å². The highest BCUT2D eigenvalue weighted by Crippen LogP contribution is 2.50. The third-order valence-electron chi connectivity index (χ3n) is 6.45. The number of allylic oxidation sites excluding steroid dienone is 2. The Kier molecular flexibility index (Phi) is 5.64. The zero-order valence-corrected chi connectivity index (χ0v) is 19.0. The van der Waals surface area contributed by atoms with E-state index < -0.39 is 10.0 Å². The molecule has 0 fully saturated rings. The molecule has 2 aromatic carbocycles. The van der Waals surface area contributed by atoms with Crippen molar-refractivity contribution >= 4 is 21.4 Å². The summed E-state index contributed by atoms with van der Waals surface area (Å²) < 4.78 is 27.6. The van der Waals surface area contributed by atoms with Crippen LogP contribution in [0.15, 0.2) is 59.5 Å². The number of nitrogens with one attached hydrogen (secondary N) is 1. The molecule has 0 spiro atoms. The van der Waals surface area contributed by atoms with E-state index in [4.69, 9.17) is 0 Å². The molecular weight excluding hydrogens is 394 g/mol. The van der Waals surface area contributed by atoms with Crippen molar-refractivity contribution in [2.24, 2.45) is 5.92 Å². The number of hydrogen-bond donors (Lipinski definition) is 1. The van der Waals surface area contributed by atoms with E-state index in [9.17, 15) is 8.42 Å². The molecule has 1 N–H and O–H groups in total. The van der Waals surface area contributed by atoms with Crippen molar-refractivity contribution in [1.29, 1.82) is 0 Å². The predicted molar refractivity (Wildman–Crippen MR) is 124 cm³/mol. The Morgan fingerprint density at radius 1 is 1.03 bits per heavy atom. The fraction of sp³-hybridized carbons (Fsp3) is 0.417. The van der Waals surface area contributed by atoms with Crippen molar-refractivity contribution in [1.82, 2.24) is 4.31 Å². The second kappa shape index (κ2) is 8.08. The fourth-order valence-electron chi connectivity index (χ4n) is 4.76. The third-order valence-corrected chi connectivity index (χ3v) is 8.49.